The SMILES string of the molecule is O=C(Nc1ccc(-n2ccnc2P(=O)([O-])c2ccccc2)cc1)c1cc2ccccc2o1.[K]. The molecular formula is C24H17KN3O4P-. The number of nitrogens with zero attached hydrogens (tertiary/aromatic N) is 2. The Bertz CT molecular complexity index is 1430. The van der Waals surface area contributed by atoms with Crippen LogP contribution in [0.3, 0.4) is 0 Å². The van der Waals surface area contributed by atoms with Crippen LogP contribution in [-0.4, -0.2) is 66.8 Å². The van der Waals surface area contributed by atoms with Gasteiger partial charge in [0.15, 0.2) is 11.3 Å². The predicted octanol–water partition coefficient (Wildman–Crippen LogP) is 3.08. The summed E-state index contributed by atoms with van der Waals surface area (Å²) in [6.45, 7) is 0. The number of benzene rings is 3. The second-order valence-electron chi connectivity index (χ2n) is 7.13. The number of imidazole rings is 1. The molecule has 1 unspecified atom stereocenters. The van der Waals surface area contributed by atoms with Gasteiger partial charge in [0.25, 0.3) is 5.91 Å². The molecule has 0 spiro atoms. The van der Waals surface area contributed by atoms with Gasteiger partial charge in [-0.25, -0.2) is 4.98 Å². The van der Waals surface area contributed by atoms with Crippen molar-refractivity contribution in [2.45, 2.75) is 0 Å². The Kier molecular flexibility index (Phi) is 7.16. The largest absolute Gasteiger partial charge is 0.790 e. The number of furan rings is 1. The summed E-state index contributed by atoms with van der Waals surface area (Å²) in [4.78, 5) is 29.6. The van der Waals surface area contributed by atoms with E-state index in [0.29, 0.717) is 17.0 Å². The second-order valence-corrected chi connectivity index (χ2v) is 9.15. The molecule has 1 amide bonds. The van der Waals surface area contributed by atoms with E-state index in [1.165, 1.54) is 10.8 Å². The van der Waals surface area contributed by atoms with Gasteiger partial charge in [-0.15, -0.1) is 0 Å². The third kappa shape index (κ3) is 4.83. The molecule has 5 aromatic rings. The number of rotatable bonds is 5. The maximum absolute atomic E-state index is 13.0. The Labute approximate surface area is 232 Å². The van der Waals surface area contributed by atoms with Crippen LogP contribution in [0.2, 0.25) is 0 Å². The van der Waals surface area contributed by atoms with Crippen molar-refractivity contribution < 1.29 is 18.7 Å². The normalized spacial score (nSPS) is 12.6. The summed E-state index contributed by atoms with van der Waals surface area (Å²) in [5.41, 5.74) is 1.74. The number of fused-ring (bicyclic) bond motifs is 1. The van der Waals surface area contributed by atoms with Crippen LogP contribution in [0.5, 0.6) is 0 Å². The minimum atomic E-state index is -4.12. The van der Waals surface area contributed by atoms with E-state index in [1.54, 1.807) is 72.9 Å². The standard InChI is InChI=1S/C24H18N3O4P.K/c28-23(22-16-17-6-4-5-9-21(17)31-22)26-18-10-12-19(13-11-18)27-15-14-25-24(27)32(29,30)20-7-2-1-3-8-20;/h1-16H,(H,26,28)(H,29,30);/p-1. The number of nitrogens with one attached hydrogen (secondary N) is 1. The number of anilines is 1. The maximum Gasteiger partial charge on any atom is 0.291 e. The molecule has 0 fully saturated rings. The summed E-state index contributed by atoms with van der Waals surface area (Å²) < 4.78 is 20.1. The zero-order chi connectivity index (χ0) is 22.1. The van der Waals surface area contributed by atoms with Crippen molar-refractivity contribution in [3.8, 4) is 5.69 Å². The zero-order valence-corrected chi connectivity index (χ0v) is 21.7. The Morgan fingerprint density at radius 3 is 2.39 bits per heavy atom. The number of amides is 1. The van der Waals surface area contributed by atoms with Crippen LogP contribution in [-0.2, 0) is 4.57 Å². The molecule has 33 heavy (non-hydrogen) atoms. The fourth-order valence-electron chi connectivity index (χ4n) is 3.45. The third-order valence-corrected chi connectivity index (χ3v) is 6.87. The summed E-state index contributed by atoms with van der Waals surface area (Å²) in [6.07, 6.45) is 3.03. The predicted molar refractivity (Wildman–Crippen MR) is 127 cm³/mol. The van der Waals surface area contributed by atoms with Crippen molar-refractivity contribution >= 4 is 92.2 Å². The van der Waals surface area contributed by atoms with Gasteiger partial charge in [0.1, 0.15) is 13.0 Å². The Morgan fingerprint density at radius 2 is 1.67 bits per heavy atom. The van der Waals surface area contributed by atoms with Crippen molar-refractivity contribution in [1.29, 1.82) is 0 Å². The second kappa shape index (κ2) is 9.91. The van der Waals surface area contributed by atoms with Crippen LogP contribution in [0, 0.1) is 0 Å². The molecule has 3 aromatic carbocycles. The number of hydrogen-bond acceptors (Lipinski definition) is 5. The van der Waals surface area contributed by atoms with Gasteiger partial charge in [-0.2, -0.15) is 0 Å². The van der Waals surface area contributed by atoms with Crippen LogP contribution >= 0.6 is 7.37 Å². The van der Waals surface area contributed by atoms with Crippen LogP contribution < -0.4 is 21.1 Å². The van der Waals surface area contributed by atoms with Crippen LogP contribution in [0.15, 0.2) is 102 Å². The molecule has 9 heteroatoms. The quantitative estimate of drug-likeness (QED) is 0.307. The zero-order valence-electron chi connectivity index (χ0n) is 17.7. The van der Waals surface area contributed by atoms with E-state index in [2.05, 4.69) is 10.3 Å². The topological polar surface area (TPSA) is 100 Å². The molecule has 0 bridgehead atoms. The molecule has 0 aliphatic heterocycles. The van der Waals surface area contributed by atoms with Crippen LogP contribution in [0.1, 0.15) is 10.6 Å². The molecule has 0 aliphatic rings. The minimum Gasteiger partial charge on any atom is -0.790 e. The van der Waals surface area contributed by atoms with E-state index in [-0.39, 0.29) is 73.9 Å². The molecule has 0 saturated carbocycles. The van der Waals surface area contributed by atoms with Crippen molar-refractivity contribution in [3.05, 3.63) is 103 Å². The summed E-state index contributed by atoms with van der Waals surface area (Å²) in [6, 6.07) is 24.1. The number of aromatic nitrogens is 2. The number of para-hydroxylation sites is 1. The van der Waals surface area contributed by atoms with E-state index in [9.17, 15) is 14.3 Å². The van der Waals surface area contributed by atoms with E-state index >= 15 is 0 Å². The van der Waals surface area contributed by atoms with Crippen LogP contribution in [0.4, 0.5) is 5.69 Å². The van der Waals surface area contributed by atoms with Crippen molar-refractivity contribution in [2.75, 3.05) is 5.32 Å². The summed E-state index contributed by atoms with van der Waals surface area (Å²) >= 11 is 0. The van der Waals surface area contributed by atoms with Gasteiger partial charge >= 0.3 is 0 Å². The summed E-state index contributed by atoms with van der Waals surface area (Å²) in [5, 5.41) is 3.83. The summed E-state index contributed by atoms with van der Waals surface area (Å²) in [5.74, 6) is -0.160. The fraction of sp³-hybridized carbons (Fsp3) is 0. The first-order valence-electron chi connectivity index (χ1n) is 9.83. The molecule has 2 heterocycles. The molecule has 0 aliphatic carbocycles. The van der Waals surface area contributed by atoms with Gasteiger partial charge in [0, 0.05) is 85.8 Å². The average molecular weight is 481 g/mol. The van der Waals surface area contributed by atoms with Gasteiger partial charge in [0.2, 0.25) is 0 Å². The smallest absolute Gasteiger partial charge is 0.291 e. The molecule has 7 nitrogen and oxygen atoms in total. The number of carbonyl (C=O) groups is 1. The first-order valence-corrected chi connectivity index (χ1v) is 11.5. The first-order chi connectivity index (χ1) is 15.5. The molecule has 5 rings (SSSR count). The van der Waals surface area contributed by atoms with E-state index < -0.39 is 7.37 Å². The van der Waals surface area contributed by atoms with Gasteiger partial charge in [-0.1, -0.05) is 48.5 Å². The van der Waals surface area contributed by atoms with Gasteiger partial charge in [-0.3, -0.25) is 9.36 Å². The van der Waals surface area contributed by atoms with Crippen molar-refractivity contribution in [3.63, 3.8) is 0 Å². The molecule has 159 valence electrons. The van der Waals surface area contributed by atoms with Gasteiger partial charge in [-0.05, 0) is 36.4 Å². The molecule has 2 aromatic heterocycles. The molecule has 1 atom stereocenters. The van der Waals surface area contributed by atoms with Gasteiger partial charge < -0.3 is 19.2 Å². The Balaban J connectivity index is 0.00000259. The first kappa shape index (κ1) is 23.9. The fourth-order valence-corrected chi connectivity index (χ4v) is 4.93. The molecule has 1 radical (unpaired) electrons. The average Bonchev–Trinajstić information content (AvgIpc) is 3.48. The number of carbonyl (C=O) groups excluding carboxylic acids is 1. The van der Waals surface area contributed by atoms with E-state index in [1.807, 2.05) is 18.2 Å². The molecule has 0 saturated heterocycles. The molecular weight excluding hydrogens is 464 g/mol. The minimum absolute atomic E-state index is 0. The Hall–Kier alpha value is -2.29. The number of hydrogen-bond donors (Lipinski definition) is 1. The van der Waals surface area contributed by atoms with E-state index in [0.717, 1.165) is 5.39 Å². The Morgan fingerprint density at radius 1 is 0.970 bits per heavy atom. The maximum atomic E-state index is 13.0. The van der Waals surface area contributed by atoms with Crippen LogP contribution in [0.25, 0.3) is 16.7 Å². The monoisotopic (exact) mass is 481 g/mol. The van der Waals surface area contributed by atoms with E-state index in [4.69, 9.17) is 4.42 Å². The molecule has 1 N–H and O–H groups in total. The van der Waals surface area contributed by atoms with Crippen molar-refractivity contribution in [2.24, 2.45) is 0 Å². The third-order valence-electron chi connectivity index (χ3n) is 5.03. The van der Waals surface area contributed by atoms with Crippen molar-refractivity contribution in [1.82, 2.24) is 9.55 Å². The summed E-state index contributed by atoms with van der Waals surface area (Å²) in [7, 11) is -4.12. The van der Waals surface area contributed by atoms with Gasteiger partial charge in [0.05, 0.1) is 0 Å².